The van der Waals surface area contributed by atoms with Crippen LogP contribution in [0.4, 0.5) is 0 Å². The molecule has 7 heteroatoms. The van der Waals surface area contributed by atoms with Crippen molar-refractivity contribution in [1.82, 2.24) is 10.2 Å². The highest BCUT2D eigenvalue weighted by molar-refractivity contribution is 7.91. The molecule has 6 nitrogen and oxygen atoms in total. The Balaban J connectivity index is 1.49. The number of likely N-dealkylation sites (tertiary alicyclic amines) is 1. The van der Waals surface area contributed by atoms with Crippen LogP contribution in [0.25, 0.3) is 0 Å². The molecule has 0 spiro atoms. The predicted octanol–water partition coefficient (Wildman–Crippen LogP) is 0.842. The molecule has 0 aromatic heterocycles. The molecule has 0 aliphatic carbocycles. The summed E-state index contributed by atoms with van der Waals surface area (Å²) in [5.41, 5.74) is 0.632. The van der Waals surface area contributed by atoms with Crippen molar-refractivity contribution < 1.29 is 18.0 Å². The number of hydrogen-bond acceptors (Lipinski definition) is 4. The van der Waals surface area contributed by atoms with Crippen LogP contribution < -0.4 is 5.32 Å². The van der Waals surface area contributed by atoms with Crippen molar-refractivity contribution in [3.63, 3.8) is 0 Å². The predicted molar refractivity (Wildman–Crippen MR) is 90.3 cm³/mol. The van der Waals surface area contributed by atoms with E-state index in [1.54, 1.807) is 17.0 Å². The molecule has 0 radical (unpaired) electrons. The van der Waals surface area contributed by atoms with Crippen molar-refractivity contribution in [2.75, 3.05) is 24.6 Å². The van der Waals surface area contributed by atoms with Gasteiger partial charge in [-0.2, -0.15) is 0 Å². The third-order valence-electron chi connectivity index (χ3n) is 4.76. The highest BCUT2D eigenvalue weighted by atomic mass is 32.2. The van der Waals surface area contributed by atoms with Gasteiger partial charge in [0.2, 0.25) is 5.91 Å². The molecule has 1 aromatic carbocycles. The molecule has 0 bridgehead atoms. The van der Waals surface area contributed by atoms with Gasteiger partial charge in [0.1, 0.15) is 0 Å². The van der Waals surface area contributed by atoms with Gasteiger partial charge in [0, 0.05) is 24.7 Å². The largest absolute Gasteiger partial charge is 0.349 e. The summed E-state index contributed by atoms with van der Waals surface area (Å²) in [7, 11) is -3.04. The number of rotatable bonds is 3. The lowest BCUT2D eigenvalue weighted by Crippen LogP contribution is -2.48. The lowest BCUT2D eigenvalue weighted by Gasteiger charge is -2.33. The number of amides is 2. The third-order valence-corrected chi connectivity index (χ3v) is 6.53. The molecule has 1 atom stereocenters. The first-order chi connectivity index (χ1) is 11.4. The first kappa shape index (κ1) is 17.0. The van der Waals surface area contributed by atoms with E-state index in [4.69, 9.17) is 0 Å². The maximum Gasteiger partial charge on any atom is 0.251 e. The molecular weight excluding hydrogens is 328 g/mol. The van der Waals surface area contributed by atoms with Crippen LogP contribution in [0, 0.1) is 5.92 Å². The van der Waals surface area contributed by atoms with Gasteiger partial charge in [0.05, 0.1) is 17.4 Å². The molecule has 2 amide bonds. The zero-order valence-corrected chi connectivity index (χ0v) is 14.3. The summed E-state index contributed by atoms with van der Waals surface area (Å²) >= 11 is 0. The fraction of sp³-hybridized carbons (Fsp3) is 0.529. The summed E-state index contributed by atoms with van der Waals surface area (Å²) in [6.45, 7) is 1.13. The van der Waals surface area contributed by atoms with E-state index >= 15 is 0 Å². The average Bonchev–Trinajstić information content (AvgIpc) is 2.95. The van der Waals surface area contributed by atoms with Crippen molar-refractivity contribution >= 4 is 21.7 Å². The minimum Gasteiger partial charge on any atom is -0.349 e. The fourth-order valence-electron chi connectivity index (χ4n) is 3.35. The molecule has 2 aliphatic rings. The Hall–Kier alpha value is -1.89. The molecule has 3 rings (SSSR count). The molecule has 24 heavy (non-hydrogen) atoms. The van der Waals surface area contributed by atoms with Crippen LogP contribution in [-0.2, 0) is 14.6 Å². The minimum atomic E-state index is -3.04. The fourth-order valence-corrected chi connectivity index (χ4v) is 5.08. The van der Waals surface area contributed by atoms with Crippen LogP contribution in [0.1, 0.15) is 29.6 Å². The highest BCUT2D eigenvalue weighted by Crippen LogP contribution is 2.22. The second kappa shape index (κ2) is 6.93. The molecule has 2 aliphatic heterocycles. The number of benzene rings is 1. The second-order valence-electron chi connectivity index (χ2n) is 6.54. The van der Waals surface area contributed by atoms with Gasteiger partial charge >= 0.3 is 0 Å². The Morgan fingerprint density at radius 1 is 1.04 bits per heavy atom. The monoisotopic (exact) mass is 350 g/mol. The van der Waals surface area contributed by atoms with Crippen molar-refractivity contribution in [2.45, 2.75) is 25.3 Å². The van der Waals surface area contributed by atoms with Gasteiger partial charge in [-0.05, 0) is 31.4 Å². The van der Waals surface area contributed by atoms with E-state index in [2.05, 4.69) is 5.32 Å². The second-order valence-corrected chi connectivity index (χ2v) is 8.77. The Kier molecular flexibility index (Phi) is 4.89. The lowest BCUT2D eigenvalue weighted by atomic mass is 10.0. The maximum atomic E-state index is 12.4. The maximum absolute atomic E-state index is 12.4. The van der Waals surface area contributed by atoms with E-state index in [9.17, 15) is 18.0 Å². The van der Waals surface area contributed by atoms with Crippen LogP contribution >= 0.6 is 0 Å². The number of hydrogen-bond donors (Lipinski definition) is 1. The number of nitrogens with zero attached hydrogens (tertiary/aromatic N) is 1. The van der Waals surface area contributed by atoms with E-state index < -0.39 is 9.84 Å². The Morgan fingerprint density at radius 2 is 1.71 bits per heavy atom. The molecule has 0 saturated carbocycles. The van der Waals surface area contributed by atoms with Gasteiger partial charge in [-0.15, -0.1) is 0 Å². The summed E-state index contributed by atoms with van der Waals surface area (Å²) in [4.78, 5) is 26.3. The minimum absolute atomic E-state index is 0.0174. The van der Waals surface area contributed by atoms with Crippen LogP contribution in [0.15, 0.2) is 30.3 Å². The SMILES string of the molecule is O=C(NC1CCN(C(=O)C2CCS(=O)(=O)C2)CC1)c1ccccc1. The van der Waals surface area contributed by atoms with Crippen molar-refractivity contribution in [2.24, 2.45) is 5.92 Å². The zero-order valence-electron chi connectivity index (χ0n) is 13.5. The lowest BCUT2D eigenvalue weighted by molar-refractivity contribution is -0.135. The molecule has 130 valence electrons. The number of piperidine rings is 1. The number of sulfone groups is 1. The van der Waals surface area contributed by atoms with Gasteiger partial charge in [0.25, 0.3) is 5.91 Å². The third kappa shape index (κ3) is 3.95. The van der Waals surface area contributed by atoms with Crippen molar-refractivity contribution in [3.8, 4) is 0 Å². The topological polar surface area (TPSA) is 83.6 Å². The quantitative estimate of drug-likeness (QED) is 0.876. The number of carbonyl (C=O) groups is 2. The summed E-state index contributed by atoms with van der Waals surface area (Å²) in [6, 6.07) is 9.11. The molecule has 2 heterocycles. The Bertz CT molecular complexity index is 709. The Labute approximate surface area is 142 Å². The van der Waals surface area contributed by atoms with E-state index in [0.717, 1.165) is 0 Å². The van der Waals surface area contributed by atoms with E-state index in [0.29, 0.717) is 37.9 Å². The van der Waals surface area contributed by atoms with Gasteiger partial charge in [-0.1, -0.05) is 18.2 Å². The van der Waals surface area contributed by atoms with Gasteiger partial charge in [-0.25, -0.2) is 8.42 Å². The normalized spacial score (nSPS) is 23.8. The highest BCUT2D eigenvalue weighted by Gasteiger charge is 2.36. The number of nitrogens with one attached hydrogen (secondary N) is 1. The molecular formula is C17H22N2O4S. The van der Waals surface area contributed by atoms with Gasteiger partial charge in [-0.3, -0.25) is 9.59 Å². The van der Waals surface area contributed by atoms with Gasteiger partial charge in [0.15, 0.2) is 9.84 Å². The van der Waals surface area contributed by atoms with Crippen molar-refractivity contribution in [1.29, 1.82) is 0 Å². The van der Waals surface area contributed by atoms with E-state index in [1.807, 2.05) is 18.2 Å². The Morgan fingerprint density at radius 3 is 2.29 bits per heavy atom. The standard InChI is InChI=1S/C17H22N2O4S/c20-16(13-4-2-1-3-5-13)18-15-6-9-19(10-7-15)17(21)14-8-11-24(22,23)12-14/h1-5,14-15H,6-12H2,(H,18,20). The summed E-state index contributed by atoms with van der Waals surface area (Å²) < 4.78 is 23.0. The van der Waals surface area contributed by atoms with Gasteiger partial charge < -0.3 is 10.2 Å². The molecule has 1 unspecified atom stereocenters. The van der Waals surface area contributed by atoms with Crippen molar-refractivity contribution in [3.05, 3.63) is 35.9 Å². The van der Waals surface area contributed by atoms with Crippen LogP contribution in [0.3, 0.4) is 0 Å². The zero-order chi connectivity index (χ0) is 17.2. The van der Waals surface area contributed by atoms with E-state index in [-0.39, 0.29) is 35.3 Å². The summed E-state index contributed by atoms with van der Waals surface area (Å²) in [5, 5.41) is 3.00. The molecule has 1 N–H and O–H groups in total. The van der Waals surface area contributed by atoms with Crippen LogP contribution in [-0.4, -0.2) is 55.8 Å². The number of carbonyl (C=O) groups excluding carboxylic acids is 2. The molecule has 2 fully saturated rings. The molecule has 2 saturated heterocycles. The van der Waals surface area contributed by atoms with E-state index in [1.165, 1.54) is 0 Å². The van der Waals surface area contributed by atoms with Crippen LogP contribution in [0.2, 0.25) is 0 Å². The molecule has 1 aromatic rings. The average molecular weight is 350 g/mol. The first-order valence-electron chi connectivity index (χ1n) is 8.30. The first-order valence-corrected chi connectivity index (χ1v) is 10.1. The summed E-state index contributed by atoms with van der Waals surface area (Å²) in [5.74, 6) is -0.430. The van der Waals surface area contributed by atoms with Crippen LogP contribution in [0.5, 0.6) is 0 Å². The smallest absolute Gasteiger partial charge is 0.251 e. The summed E-state index contributed by atoms with van der Waals surface area (Å²) in [6.07, 6.45) is 1.83.